The third-order valence-electron chi connectivity index (χ3n) is 2.50. The lowest BCUT2D eigenvalue weighted by molar-refractivity contribution is 0.107. The highest BCUT2D eigenvalue weighted by atomic mass is 32.2. The van der Waals surface area contributed by atoms with E-state index in [0.717, 1.165) is 6.26 Å². The van der Waals surface area contributed by atoms with E-state index in [-0.39, 0.29) is 18.9 Å². The lowest BCUT2D eigenvalue weighted by atomic mass is 10.2. The predicted molar refractivity (Wildman–Crippen MR) is 66.5 cm³/mol. The average molecular weight is 287 g/mol. The minimum atomic E-state index is -3.56. The first kappa shape index (κ1) is 13.6. The Morgan fingerprint density at radius 3 is 2.63 bits per heavy atom. The molecule has 0 aromatic heterocycles. The number of carbonyl (C=O) groups is 1. The molecule has 1 unspecified atom stereocenters. The summed E-state index contributed by atoms with van der Waals surface area (Å²) in [5.74, 6) is 0.0910. The van der Waals surface area contributed by atoms with Gasteiger partial charge in [0, 0.05) is 5.69 Å². The van der Waals surface area contributed by atoms with E-state index in [0.29, 0.717) is 5.69 Å². The summed E-state index contributed by atoms with van der Waals surface area (Å²) in [6.45, 7) is -0.0156. The number of hydrogen-bond donors (Lipinski definition) is 1. The summed E-state index contributed by atoms with van der Waals surface area (Å²) in [5.41, 5.74) is 0.560. The fourth-order valence-electron chi connectivity index (χ4n) is 1.65. The summed E-state index contributed by atoms with van der Waals surface area (Å²) in [4.78, 5) is 13.0. The molecule has 0 saturated carbocycles. The van der Waals surface area contributed by atoms with E-state index in [1.807, 2.05) is 0 Å². The van der Waals surface area contributed by atoms with Gasteiger partial charge in [0.1, 0.15) is 18.5 Å². The van der Waals surface area contributed by atoms with Crippen molar-refractivity contribution >= 4 is 21.9 Å². The molecule has 1 aliphatic heterocycles. The lowest BCUT2D eigenvalue weighted by Crippen LogP contribution is -2.26. The Balaban J connectivity index is 2.01. The maximum atomic E-state index is 11.6. The van der Waals surface area contributed by atoms with Crippen LogP contribution in [0, 0.1) is 0 Å². The fourth-order valence-corrected chi connectivity index (χ4v) is 2.05. The first-order chi connectivity index (χ1) is 8.85. The molecule has 1 atom stereocenters. The number of benzene rings is 1. The minimum absolute atomic E-state index is 0.0910. The van der Waals surface area contributed by atoms with Crippen molar-refractivity contribution in [3.63, 3.8) is 0 Å². The number of phenolic OH excluding ortho intramolecular Hbond substituents is 1. The van der Waals surface area contributed by atoms with Crippen molar-refractivity contribution in [1.82, 2.24) is 0 Å². The zero-order chi connectivity index (χ0) is 14.0. The SMILES string of the molecule is CS(=O)(=O)OCC1CN(c2ccc(O)cc2)C(=O)O1. The molecule has 1 saturated heterocycles. The number of nitrogens with zero attached hydrogens (tertiary/aromatic N) is 1. The van der Waals surface area contributed by atoms with Crippen molar-refractivity contribution in [3.8, 4) is 5.75 Å². The first-order valence-electron chi connectivity index (χ1n) is 5.47. The lowest BCUT2D eigenvalue weighted by Gasteiger charge is -2.12. The molecule has 7 nitrogen and oxygen atoms in total. The maximum Gasteiger partial charge on any atom is 0.414 e. The van der Waals surface area contributed by atoms with E-state index in [2.05, 4.69) is 4.18 Å². The molecule has 104 valence electrons. The zero-order valence-electron chi connectivity index (χ0n) is 10.1. The summed E-state index contributed by atoms with van der Waals surface area (Å²) in [6.07, 6.45) is -0.287. The molecule has 1 aromatic rings. The van der Waals surface area contributed by atoms with E-state index >= 15 is 0 Å². The van der Waals surface area contributed by atoms with Crippen LogP contribution in [0.5, 0.6) is 5.75 Å². The van der Waals surface area contributed by atoms with Crippen molar-refractivity contribution in [3.05, 3.63) is 24.3 Å². The molecule has 1 N–H and O–H groups in total. The zero-order valence-corrected chi connectivity index (χ0v) is 11.0. The van der Waals surface area contributed by atoms with Crippen LogP contribution in [-0.2, 0) is 19.0 Å². The van der Waals surface area contributed by atoms with E-state index in [1.165, 1.54) is 17.0 Å². The van der Waals surface area contributed by atoms with E-state index < -0.39 is 22.3 Å². The van der Waals surface area contributed by atoms with E-state index in [1.54, 1.807) is 12.1 Å². The summed E-state index contributed by atoms with van der Waals surface area (Å²) >= 11 is 0. The standard InChI is InChI=1S/C11H13NO6S/c1-19(15,16)17-7-10-6-12(11(14)18-10)8-2-4-9(13)5-3-8/h2-5,10,13H,6-7H2,1H3. The van der Waals surface area contributed by atoms with Crippen LogP contribution in [0.4, 0.5) is 10.5 Å². The molecule has 1 heterocycles. The summed E-state index contributed by atoms with van der Waals surface area (Å²) in [5, 5.41) is 9.17. The second-order valence-electron chi connectivity index (χ2n) is 4.12. The van der Waals surface area contributed by atoms with Crippen LogP contribution in [0.25, 0.3) is 0 Å². The molecule has 19 heavy (non-hydrogen) atoms. The predicted octanol–water partition coefficient (Wildman–Crippen LogP) is 0.694. The average Bonchev–Trinajstić information content (AvgIpc) is 2.68. The number of ether oxygens (including phenoxy) is 1. The van der Waals surface area contributed by atoms with Crippen LogP contribution < -0.4 is 4.90 Å². The van der Waals surface area contributed by atoms with Gasteiger partial charge in [0.2, 0.25) is 0 Å². The van der Waals surface area contributed by atoms with Crippen LogP contribution in [0.15, 0.2) is 24.3 Å². The van der Waals surface area contributed by atoms with Gasteiger partial charge in [0.05, 0.1) is 12.8 Å². The van der Waals surface area contributed by atoms with Gasteiger partial charge in [-0.3, -0.25) is 9.08 Å². The summed E-state index contributed by atoms with van der Waals surface area (Å²) in [6, 6.07) is 6.03. The molecule has 1 amide bonds. The van der Waals surface area contributed by atoms with Crippen molar-refractivity contribution in [1.29, 1.82) is 0 Å². The molecule has 0 bridgehead atoms. The molecule has 1 fully saturated rings. The Morgan fingerprint density at radius 2 is 2.05 bits per heavy atom. The van der Waals surface area contributed by atoms with Gasteiger partial charge in [0.25, 0.3) is 10.1 Å². The number of hydrogen-bond acceptors (Lipinski definition) is 6. The highest BCUT2D eigenvalue weighted by Crippen LogP contribution is 2.23. The topological polar surface area (TPSA) is 93.1 Å². The van der Waals surface area contributed by atoms with Gasteiger partial charge in [0.15, 0.2) is 0 Å². The first-order valence-corrected chi connectivity index (χ1v) is 7.28. The Bertz CT molecular complexity index is 567. The molecule has 0 spiro atoms. The second-order valence-corrected chi connectivity index (χ2v) is 5.77. The van der Waals surface area contributed by atoms with Gasteiger partial charge in [-0.2, -0.15) is 8.42 Å². The van der Waals surface area contributed by atoms with Crippen LogP contribution in [-0.4, -0.2) is 45.1 Å². The number of amides is 1. The third-order valence-corrected chi connectivity index (χ3v) is 3.07. The van der Waals surface area contributed by atoms with Crippen LogP contribution in [0.3, 0.4) is 0 Å². The van der Waals surface area contributed by atoms with Gasteiger partial charge in [-0.1, -0.05) is 0 Å². The van der Waals surface area contributed by atoms with Crippen LogP contribution in [0.1, 0.15) is 0 Å². The Labute approximate surface area is 110 Å². The van der Waals surface area contributed by atoms with Gasteiger partial charge in [-0.05, 0) is 24.3 Å². The molecule has 2 rings (SSSR count). The third kappa shape index (κ3) is 3.58. The highest BCUT2D eigenvalue weighted by molar-refractivity contribution is 7.85. The number of aromatic hydroxyl groups is 1. The monoisotopic (exact) mass is 287 g/mol. The highest BCUT2D eigenvalue weighted by Gasteiger charge is 2.33. The molecular weight excluding hydrogens is 274 g/mol. The number of anilines is 1. The van der Waals surface area contributed by atoms with Crippen molar-refractivity contribution in [2.45, 2.75) is 6.10 Å². The van der Waals surface area contributed by atoms with Crippen molar-refractivity contribution in [2.75, 3.05) is 24.3 Å². The Hall–Kier alpha value is -1.80. The minimum Gasteiger partial charge on any atom is -0.508 e. The van der Waals surface area contributed by atoms with Crippen molar-refractivity contribution in [2.24, 2.45) is 0 Å². The fraction of sp³-hybridized carbons (Fsp3) is 0.364. The maximum absolute atomic E-state index is 11.6. The van der Waals surface area contributed by atoms with Crippen LogP contribution >= 0.6 is 0 Å². The summed E-state index contributed by atoms with van der Waals surface area (Å²) in [7, 11) is -3.56. The quantitative estimate of drug-likeness (QED) is 0.819. The number of rotatable bonds is 4. The van der Waals surface area contributed by atoms with Gasteiger partial charge < -0.3 is 9.84 Å². The molecule has 8 heteroatoms. The number of cyclic esters (lactones) is 1. The van der Waals surface area contributed by atoms with Gasteiger partial charge >= 0.3 is 6.09 Å². The molecule has 1 aromatic carbocycles. The Kier molecular flexibility index (Phi) is 3.63. The van der Waals surface area contributed by atoms with E-state index in [4.69, 9.17) is 9.84 Å². The van der Waals surface area contributed by atoms with Gasteiger partial charge in [-0.15, -0.1) is 0 Å². The van der Waals surface area contributed by atoms with E-state index in [9.17, 15) is 13.2 Å². The number of carbonyl (C=O) groups excluding carboxylic acids is 1. The normalized spacial score (nSPS) is 19.5. The number of phenols is 1. The second kappa shape index (κ2) is 5.06. The molecule has 0 radical (unpaired) electrons. The Morgan fingerprint density at radius 1 is 1.42 bits per heavy atom. The van der Waals surface area contributed by atoms with Gasteiger partial charge in [-0.25, -0.2) is 4.79 Å². The molecule has 0 aliphatic carbocycles. The summed E-state index contributed by atoms with van der Waals surface area (Å²) < 4.78 is 31.3. The smallest absolute Gasteiger partial charge is 0.414 e. The molecular formula is C11H13NO6S. The molecule has 1 aliphatic rings. The van der Waals surface area contributed by atoms with Crippen LogP contribution in [0.2, 0.25) is 0 Å². The largest absolute Gasteiger partial charge is 0.508 e. The van der Waals surface area contributed by atoms with Crippen molar-refractivity contribution < 1.29 is 27.2 Å².